The molecule has 1 aromatic carbocycles. The second-order valence-electron chi connectivity index (χ2n) is 6.27. The molecule has 2 atom stereocenters. The Balaban J connectivity index is 2.05. The summed E-state index contributed by atoms with van der Waals surface area (Å²) in [6.07, 6.45) is 6.47. The monoisotopic (exact) mass is 295 g/mol. The van der Waals surface area contributed by atoms with Gasteiger partial charge in [-0.15, -0.1) is 0 Å². The zero-order valence-corrected chi connectivity index (χ0v) is 13.5. The molecule has 1 aromatic rings. The molecule has 0 bridgehead atoms. The fraction of sp³-hybridized carbons (Fsp3) is 0.625. The van der Waals surface area contributed by atoms with Crippen molar-refractivity contribution in [2.45, 2.75) is 44.4 Å². The third-order valence-corrected chi connectivity index (χ3v) is 5.37. The van der Waals surface area contributed by atoms with Gasteiger partial charge in [-0.3, -0.25) is 0 Å². The molecule has 20 heavy (non-hydrogen) atoms. The Morgan fingerprint density at radius 3 is 2.70 bits per heavy atom. The molecular weight excluding hydrogens is 270 g/mol. The Kier molecular flexibility index (Phi) is 4.74. The predicted molar refractivity (Wildman–Crippen MR) is 83.9 cm³/mol. The molecular formula is C16H25NO2S. The number of aryl methyl sites for hydroxylation is 1. The van der Waals surface area contributed by atoms with Gasteiger partial charge in [0.05, 0.1) is 4.90 Å². The van der Waals surface area contributed by atoms with Gasteiger partial charge in [0, 0.05) is 18.5 Å². The van der Waals surface area contributed by atoms with E-state index in [1.165, 1.54) is 31.9 Å². The zero-order valence-electron chi connectivity index (χ0n) is 12.6. The van der Waals surface area contributed by atoms with Crippen LogP contribution >= 0.6 is 0 Å². The lowest BCUT2D eigenvalue weighted by Crippen LogP contribution is -2.21. The van der Waals surface area contributed by atoms with Crippen molar-refractivity contribution < 1.29 is 8.42 Å². The van der Waals surface area contributed by atoms with Crippen LogP contribution in [-0.4, -0.2) is 21.2 Å². The summed E-state index contributed by atoms with van der Waals surface area (Å²) in [4.78, 5) is 0.391. The number of rotatable bonds is 4. The highest BCUT2D eigenvalue weighted by atomic mass is 32.2. The number of hydrogen-bond donors (Lipinski definition) is 1. The van der Waals surface area contributed by atoms with Crippen molar-refractivity contribution in [3.8, 4) is 0 Å². The summed E-state index contributed by atoms with van der Waals surface area (Å²) in [5, 5.41) is 3.45. The average molecular weight is 295 g/mol. The summed E-state index contributed by atoms with van der Waals surface area (Å²) >= 11 is 0. The first-order valence-electron chi connectivity index (χ1n) is 7.41. The Morgan fingerprint density at radius 2 is 2.05 bits per heavy atom. The molecule has 112 valence electrons. The molecule has 0 aliphatic heterocycles. The van der Waals surface area contributed by atoms with Crippen molar-refractivity contribution in [2.75, 3.05) is 18.1 Å². The van der Waals surface area contributed by atoms with Crippen molar-refractivity contribution >= 4 is 15.5 Å². The van der Waals surface area contributed by atoms with E-state index < -0.39 is 9.84 Å². The molecule has 1 aliphatic carbocycles. The molecule has 1 N–H and O–H groups in total. The van der Waals surface area contributed by atoms with Crippen LogP contribution in [0.5, 0.6) is 0 Å². The van der Waals surface area contributed by atoms with Crippen molar-refractivity contribution in [1.82, 2.24) is 0 Å². The van der Waals surface area contributed by atoms with Crippen LogP contribution in [0.3, 0.4) is 0 Å². The summed E-state index contributed by atoms with van der Waals surface area (Å²) in [6.45, 7) is 5.28. The number of benzene rings is 1. The third-order valence-electron chi connectivity index (χ3n) is 4.26. The lowest BCUT2D eigenvalue weighted by atomic mass is 9.82. The largest absolute Gasteiger partial charge is 0.385 e. The van der Waals surface area contributed by atoms with Gasteiger partial charge >= 0.3 is 0 Å². The topological polar surface area (TPSA) is 46.2 Å². The van der Waals surface area contributed by atoms with Crippen LogP contribution in [0.15, 0.2) is 23.1 Å². The molecule has 0 aromatic heterocycles. The lowest BCUT2D eigenvalue weighted by Gasteiger charge is -2.27. The van der Waals surface area contributed by atoms with Gasteiger partial charge in [-0.05, 0) is 49.3 Å². The van der Waals surface area contributed by atoms with E-state index in [2.05, 4.69) is 12.2 Å². The average Bonchev–Trinajstić information content (AvgIpc) is 2.36. The first-order chi connectivity index (χ1) is 9.36. The van der Waals surface area contributed by atoms with E-state index in [0.29, 0.717) is 10.8 Å². The van der Waals surface area contributed by atoms with Gasteiger partial charge in [-0.1, -0.05) is 25.8 Å². The van der Waals surface area contributed by atoms with Crippen molar-refractivity contribution in [3.63, 3.8) is 0 Å². The molecule has 3 nitrogen and oxygen atoms in total. The highest BCUT2D eigenvalue weighted by Gasteiger charge is 2.19. The second-order valence-corrected chi connectivity index (χ2v) is 8.28. The van der Waals surface area contributed by atoms with Gasteiger partial charge in [-0.25, -0.2) is 8.42 Å². The fourth-order valence-corrected chi connectivity index (χ4v) is 3.67. The molecule has 1 fully saturated rings. The van der Waals surface area contributed by atoms with Gasteiger partial charge in [0.15, 0.2) is 9.84 Å². The van der Waals surface area contributed by atoms with Gasteiger partial charge in [-0.2, -0.15) is 0 Å². The summed E-state index contributed by atoms with van der Waals surface area (Å²) in [5.41, 5.74) is 2.05. The molecule has 0 spiro atoms. The molecule has 0 saturated heterocycles. The Morgan fingerprint density at radius 1 is 1.30 bits per heavy atom. The lowest BCUT2D eigenvalue weighted by molar-refractivity contribution is 0.293. The third kappa shape index (κ3) is 3.98. The molecule has 4 heteroatoms. The van der Waals surface area contributed by atoms with Crippen molar-refractivity contribution in [3.05, 3.63) is 23.8 Å². The number of hydrogen-bond acceptors (Lipinski definition) is 3. The van der Waals surface area contributed by atoms with E-state index in [4.69, 9.17) is 0 Å². The Labute approximate surface area is 122 Å². The van der Waals surface area contributed by atoms with Crippen molar-refractivity contribution in [2.24, 2.45) is 11.8 Å². The second kappa shape index (κ2) is 6.17. The van der Waals surface area contributed by atoms with Crippen LogP contribution in [0.4, 0.5) is 5.69 Å². The van der Waals surface area contributed by atoms with E-state index in [0.717, 1.165) is 23.7 Å². The molecule has 2 rings (SSSR count). The van der Waals surface area contributed by atoms with Gasteiger partial charge in [0.2, 0.25) is 0 Å². The van der Waals surface area contributed by atoms with E-state index in [1.807, 2.05) is 13.0 Å². The van der Waals surface area contributed by atoms with Gasteiger partial charge in [0.1, 0.15) is 0 Å². The van der Waals surface area contributed by atoms with Crippen LogP contribution in [0.25, 0.3) is 0 Å². The first-order valence-corrected chi connectivity index (χ1v) is 9.30. The minimum absolute atomic E-state index is 0.391. The van der Waals surface area contributed by atoms with Gasteiger partial charge < -0.3 is 5.32 Å². The molecule has 0 radical (unpaired) electrons. The van der Waals surface area contributed by atoms with Crippen molar-refractivity contribution in [1.29, 1.82) is 0 Å². The zero-order chi connectivity index (χ0) is 14.8. The number of sulfone groups is 1. The van der Waals surface area contributed by atoms with E-state index in [9.17, 15) is 8.42 Å². The molecule has 1 saturated carbocycles. The summed E-state index contributed by atoms with van der Waals surface area (Å²) in [6, 6.07) is 5.32. The van der Waals surface area contributed by atoms with E-state index >= 15 is 0 Å². The summed E-state index contributed by atoms with van der Waals surface area (Å²) in [5.74, 6) is 1.53. The highest BCUT2D eigenvalue weighted by Crippen LogP contribution is 2.29. The maximum absolute atomic E-state index is 11.6. The SMILES string of the molecule is Cc1ccc(S(C)(=O)=O)cc1NCC1CCCC(C)C1. The number of nitrogens with one attached hydrogen (secondary N) is 1. The molecule has 1 aliphatic rings. The number of anilines is 1. The van der Waals surface area contributed by atoms with Crippen LogP contribution in [0.1, 0.15) is 38.2 Å². The van der Waals surface area contributed by atoms with E-state index in [-0.39, 0.29) is 0 Å². The van der Waals surface area contributed by atoms with Crippen LogP contribution in [-0.2, 0) is 9.84 Å². The van der Waals surface area contributed by atoms with Crippen LogP contribution < -0.4 is 5.32 Å². The summed E-state index contributed by atoms with van der Waals surface area (Å²) < 4.78 is 23.2. The van der Waals surface area contributed by atoms with Crippen LogP contribution in [0.2, 0.25) is 0 Å². The normalized spacial score (nSPS) is 23.6. The van der Waals surface area contributed by atoms with Crippen LogP contribution in [0, 0.1) is 18.8 Å². The Hall–Kier alpha value is -1.03. The molecule has 0 amide bonds. The predicted octanol–water partition coefficient (Wildman–Crippen LogP) is 3.64. The smallest absolute Gasteiger partial charge is 0.175 e. The minimum Gasteiger partial charge on any atom is -0.385 e. The van der Waals surface area contributed by atoms with E-state index in [1.54, 1.807) is 12.1 Å². The maximum Gasteiger partial charge on any atom is 0.175 e. The highest BCUT2D eigenvalue weighted by molar-refractivity contribution is 7.90. The fourth-order valence-electron chi connectivity index (χ4n) is 3.02. The summed E-state index contributed by atoms with van der Waals surface area (Å²) in [7, 11) is -3.13. The minimum atomic E-state index is -3.13. The van der Waals surface area contributed by atoms with Gasteiger partial charge in [0.25, 0.3) is 0 Å². The molecule has 2 unspecified atom stereocenters. The standard InChI is InChI=1S/C16H25NO2S/c1-12-5-4-6-14(9-12)11-17-16-10-15(20(3,18)19)8-7-13(16)2/h7-8,10,12,14,17H,4-6,9,11H2,1-3H3. The first kappa shape index (κ1) is 15.4. The quantitative estimate of drug-likeness (QED) is 0.922. The Bertz CT molecular complexity index is 566. The molecule has 0 heterocycles. The maximum atomic E-state index is 11.6.